The summed E-state index contributed by atoms with van der Waals surface area (Å²) in [6, 6.07) is 2.32. The van der Waals surface area contributed by atoms with Crippen LogP contribution in [0.5, 0.6) is 0 Å². The predicted octanol–water partition coefficient (Wildman–Crippen LogP) is 2.57. The minimum absolute atomic E-state index is 0.735. The van der Waals surface area contributed by atoms with Gasteiger partial charge in [0.2, 0.25) is 0 Å². The molecule has 3 heteroatoms. The molecule has 0 radical (unpaired) electrons. The molecule has 1 aliphatic heterocycles. The summed E-state index contributed by atoms with van der Waals surface area (Å²) in [5.74, 6) is 0.960. The zero-order valence-electron chi connectivity index (χ0n) is 14.1. The molecule has 0 spiro atoms. The molecule has 2 rings (SSSR count). The van der Waals surface area contributed by atoms with Crippen LogP contribution in [-0.2, 0) is 0 Å². The van der Waals surface area contributed by atoms with Gasteiger partial charge in [0.25, 0.3) is 0 Å². The van der Waals surface area contributed by atoms with E-state index in [0.29, 0.717) is 0 Å². The Morgan fingerprint density at radius 3 is 2.30 bits per heavy atom. The van der Waals surface area contributed by atoms with Crippen molar-refractivity contribution in [1.82, 2.24) is 15.1 Å². The SMILES string of the molecule is CCNC1CCC(CC)CC1N1CCC(N(C)C)CC1. The van der Waals surface area contributed by atoms with Gasteiger partial charge in [-0.25, -0.2) is 0 Å². The molecule has 3 nitrogen and oxygen atoms in total. The Hall–Kier alpha value is -0.120. The van der Waals surface area contributed by atoms with Gasteiger partial charge in [-0.2, -0.15) is 0 Å². The lowest BCUT2D eigenvalue weighted by atomic mass is 9.79. The van der Waals surface area contributed by atoms with Gasteiger partial charge in [0.1, 0.15) is 0 Å². The maximum absolute atomic E-state index is 3.76. The number of hydrogen-bond donors (Lipinski definition) is 1. The zero-order valence-corrected chi connectivity index (χ0v) is 14.1. The molecule has 0 aromatic carbocycles. The third-order valence-corrected chi connectivity index (χ3v) is 5.67. The molecular weight excluding hydrogens is 246 g/mol. The largest absolute Gasteiger partial charge is 0.313 e. The highest BCUT2D eigenvalue weighted by molar-refractivity contribution is 4.93. The summed E-state index contributed by atoms with van der Waals surface area (Å²) in [7, 11) is 4.46. The Bertz CT molecular complexity index is 271. The number of likely N-dealkylation sites (N-methyl/N-ethyl adjacent to an activating group) is 1. The number of nitrogens with one attached hydrogen (secondary N) is 1. The van der Waals surface area contributed by atoms with Gasteiger partial charge in [0, 0.05) is 18.1 Å². The molecule has 1 saturated carbocycles. The van der Waals surface area contributed by atoms with Gasteiger partial charge in [0.05, 0.1) is 0 Å². The number of likely N-dealkylation sites (tertiary alicyclic amines) is 1. The van der Waals surface area contributed by atoms with E-state index in [1.54, 1.807) is 0 Å². The minimum atomic E-state index is 0.735. The fraction of sp³-hybridized carbons (Fsp3) is 1.00. The van der Waals surface area contributed by atoms with Crippen LogP contribution in [0.2, 0.25) is 0 Å². The Morgan fingerprint density at radius 1 is 1.05 bits per heavy atom. The average Bonchev–Trinajstić information content (AvgIpc) is 2.48. The molecule has 1 saturated heterocycles. The van der Waals surface area contributed by atoms with E-state index in [1.165, 1.54) is 51.6 Å². The predicted molar refractivity (Wildman–Crippen MR) is 87.2 cm³/mol. The monoisotopic (exact) mass is 281 g/mol. The van der Waals surface area contributed by atoms with Crippen LogP contribution in [0.15, 0.2) is 0 Å². The molecule has 2 fully saturated rings. The molecule has 0 amide bonds. The standard InChI is InChI=1S/C17H35N3/c1-5-14-7-8-16(18-6-2)17(13-14)20-11-9-15(10-12-20)19(3)4/h14-18H,5-13H2,1-4H3. The van der Waals surface area contributed by atoms with Crippen molar-refractivity contribution in [1.29, 1.82) is 0 Å². The van der Waals surface area contributed by atoms with E-state index in [1.807, 2.05) is 0 Å². The highest BCUT2D eigenvalue weighted by Gasteiger charge is 2.35. The molecule has 3 atom stereocenters. The molecule has 118 valence electrons. The first kappa shape index (κ1) is 16.3. The van der Waals surface area contributed by atoms with Crippen LogP contribution in [0.3, 0.4) is 0 Å². The van der Waals surface area contributed by atoms with Crippen molar-refractivity contribution >= 4 is 0 Å². The molecule has 3 unspecified atom stereocenters. The summed E-state index contributed by atoms with van der Waals surface area (Å²) in [5, 5.41) is 3.76. The molecule has 0 bridgehead atoms. The first-order chi connectivity index (χ1) is 9.65. The third-order valence-electron chi connectivity index (χ3n) is 5.67. The van der Waals surface area contributed by atoms with E-state index in [0.717, 1.165) is 30.6 Å². The van der Waals surface area contributed by atoms with Crippen molar-refractivity contribution in [2.24, 2.45) is 5.92 Å². The topological polar surface area (TPSA) is 18.5 Å². The second-order valence-electron chi connectivity index (χ2n) is 7.05. The summed E-state index contributed by atoms with van der Waals surface area (Å²) in [6.07, 6.45) is 8.28. The summed E-state index contributed by atoms with van der Waals surface area (Å²) in [5.41, 5.74) is 0. The maximum Gasteiger partial charge on any atom is 0.0251 e. The quantitative estimate of drug-likeness (QED) is 0.835. The molecular formula is C17H35N3. The van der Waals surface area contributed by atoms with Crippen LogP contribution in [0.1, 0.15) is 52.4 Å². The number of hydrogen-bond acceptors (Lipinski definition) is 3. The smallest absolute Gasteiger partial charge is 0.0251 e. The second kappa shape index (κ2) is 7.77. The first-order valence-electron chi connectivity index (χ1n) is 8.79. The van der Waals surface area contributed by atoms with Crippen LogP contribution in [0.25, 0.3) is 0 Å². The Labute approximate surface area is 126 Å². The lowest BCUT2D eigenvalue weighted by molar-refractivity contribution is 0.0555. The highest BCUT2D eigenvalue weighted by Crippen LogP contribution is 2.32. The fourth-order valence-corrected chi connectivity index (χ4v) is 4.24. The van der Waals surface area contributed by atoms with Crippen molar-refractivity contribution in [2.75, 3.05) is 33.7 Å². The van der Waals surface area contributed by atoms with Crippen LogP contribution in [0, 0.1) is 5.92 Å². The minimum Gasteiger partial charge on any atom is -0.313 e. The number of rotatable bonds is 5. The normalized spacial score (nSPS) is 33.8. The van der Waals surface area contributed by atoms with Crippen molar-refractivity contribution in [2.45, 2.75) is 70.5 Å². The maximum atomic E-state index is 3.76. The van der Waals surface area contributed by atoms with E-state index < -0.39 is 0 Å². The van der Waals surface area contributed by atoms with Crippen molar-refractivity contribution < 1.29 is 0 Å². The van der Waals surface area contributed by atoms with Gasteiger partial charge in [-0.15, -0.1) is 0 Å². The molecule has 0 aromatic rings. The highest BCUT2D eigenvalue weighted by atomic mass is 15.2. The van der Waals surface area contributed by atoms with Crippen LogP contribution < -0.4 is 5.32 Å². The van der Waals surface area contributed by atoms with Crippen molar-refractivity contribution in [3.63, 3.8) is 0 Å². The van der Waals surface area contributed by atoms with Crippen LogP contribution in [0.4, 0.5) is 0 Å². The fourth-order valence-electron chi connectivity index (χ4n) is 4.24. The van der Waals surface area contributed by atoms with Gasteiger partial charge in [0.15, 0.2) is 0 Å². The van der Waals surface area contributed by atoms with Crippen LogP contribution >= 0.6 is 0 Å². The van der Waals surface area contributed by atoms with Gasteiger partial charge in [-0.1, -0.05) is 20.3 Å². The average molecular weight is 281 g/mol. The summed E-state index contributed by atoms with van der Waals surface area (Å²) < 4.78 is 0. The Balaban J connectivity index is 1.93. The summed E-state index contributed by atoms with van der Waals surface area (Å²) >= 11 is 0. The first-order valence-corrected chi connectivity index (χ1v) is 8.79. The zero-order chi connectivity index (χ0) is 14.5. The van der Waals surface area contributed by atoms with E-state index >= 15 is 0 Å². The lowest BCUT2D eigenvalue weighted by Gasteiger charge is -2.46. The van der Waals surface area contributed by atoms with E-state index in [2.05, 4.69) is 43.1 Å². The van der Waals surface area contributed by atoms with Crippen molar-refractivity contribution in [3.05, 3.63) is 0 Å². The molecule has 1 heterocycles. The lowest BCUT2D eigenvalue weighted by Crippen LogP contribution is -2.56. The Kier molecular flexibility index (Phi) is 6.31. The van der Waals surface area contributed by atoms with Gasteiger partial charge in [-0.05, 0) is 71.8 Å². The molecule has 0 aromatic heterocycles. The molecule has 20 heavy (non-hydrogen) atoms. The summed E-state index contributed by atoms with van der Waals surface area (Å²) in [6.45, 7) is 8.33. The van der Waals surface area contributed by atoms with Crippen molar-refractivity contribution in [3.8, 4) is 0 Å². The second-order valence-corrected chi connectivity index (χ2v) is 7.05. The van der Waals surface area contributed by atoms with E-state index in [9.17, 15) is 0 Å². The third kappa shape index (κ3) is 3.96. The van der Waals surface area contributed by atoms with E-state index in [4.69, 9.17) is 0 Å². The molecule has 1 aliphatic carbocycles. The Morgan fingerprint density at radius 2 is 1.75 bits per heavy atom. The molecule has 1 N–H and O–H groups in total. The summed E-state index contributed by atoms with van der Waals surface area (Å²) in [4.78, 5) is 5.21. The molecule has 2 aliphatic rings. The number of piperidine rings is 1. The van der Waals surface area contributed by atoms with E-state index in [-0.39, 0.29) is 0 Å². The van der Waals surface area contributed by atoms with Gasteiger partial charge in [-0.3, -0.25) is 4.90 Å². The van der Waals surface area contributed by atoms with Gasteiger partial charge >= 0.3 is 0 Å². The number of nitrogens with zero attached hydrogens (tertiary/aromatic N) is 2. The van der Waals surface area contributed by atoms with Crippen LogP contribution in [-0.4, -0.2) is 61.7 Å². The van der Waals surface area contributed by atoms with Gasteiger partial charge < -0.3 is 10.2 Å².